The summed E-state index contributed by atoms with van der Waals surface area (Å²) >= 11 is 0. The van der Waals surface area contributed by atoms with Crippen LogP contribution in [0.4, 0.5) is 0 Å². The maximum atomic E-state index is 12.1. The molecule has 0 radical (unpaired) electrons. The van der Waals surface area contributed by atoms with Gasteiger partial charge in [-0.15, -0.1) is 0 Å². The molecule has 1 aromatic heterocycles. The highest BCUT2D eigenvalue weighted by Crippen LogP contribution is 2.25. The van der Waals surface area contributed by atoms with Crippen LogP contribution < -0.4 is 9.47 Å². The molecule has 192 valence electrons. The Labute approximate surface area is 216 Å². The molecule has 1 heterocycles. The molecule has 0 bridgehead atoms. The third kappa shape index (κ3) is 9.10. The minimum Gasteiger partial charge on any atom is -0.494 e. The fraction of sp³-hybridized carbons (Fsp3) is 0.452. The van der Waals surface area contributed by atoms with Crippen LogP contribution in [-0.2, 0) is 4.79 Å². The monoisotopic (exact) mass is 488 g/mol. The van der Waals surface area contributed by atoms with Crippen molar-refractivity contribution in [2.75, 3.05) is 6.61 Å². The van der Waals surface area contributed by atoms with Crippen molar-refractivity contribution >= 4 is 5.97 Å². The maximum Gasteiger partial charge on any atom is 0.311 e. The van der Waals surface area contributed by atoms with Crippen LogP contribution in [0.5, 0.6) is 11.5 Å². The zero-order valence-corrected chi connectivity index (χ0v) is 22.0. The number of unbranched alkanes of at least 4 members (excludes halogenated alkanes) is 4. The second-order valence-corrected chi connectivity index (χ2v) is 9.49. The molecule has 0 unspecified atom stereocenters. The number of rotatable bonds is 15. The first-order valence-corrected chi connectivity index (χ1v) is 13.5. The van der Waals surface area contributed by atoms with Crippen LogP contribution >= 0.6 is 0 Å². The standard InChI is InChI=1S/C31H40N2O3/c1-4-6-7-10-21-35-28-19-17-26(18-20-28)25-13-15-27(16-14-25)31-32-22-29(23-33-31)36-30(34)12-9-8-11-24(3)5-2/h13-20,22-24H,4-12,21H2,1-3H3/t24-/m0/s1. The van der Waals surface area contributed by atoms with Crippen LogP contribution in [0.25, 0.3) is 22.5 Å². The van der Waals surface area contributed by atoms with E-state index in [2.05, 4.69) is 55.0 Å². The molecule has 5 heteroatoms. The van der Waals surface area contributed by atoms with Crippen molar-refractivity contribution in [2.45, 2.75) is 78.6 Å². The summed E-state index contributed by atoms with van der Waals surface area (Å²) in [6.45, 7) is 7.42. The molecule has 36 heavy (non-hydrogen) atoms. The molecule has 0 saturated heterocycles. The number of carbonyl (C=O) groups is 1. The highest BCUT2D eigenvalue weighted by Gasteiger charge is 2.08. The molecule has 5 nitrogen and oxygen atoms in total. The van der Waals surface area contributed by atoms with Crippen molar-refractivity contribution in [1.82, 2.24) is 9.97 Å². The molecular formula is C31H40N2O3. The van der Waals surface area contributed by atoms with Crippen molar-refractivity contribution in [3.8, 4) is 34.0 Å². The van der Waals surface area contributed by atoms with Gasteiger partial charge in [0.15, 0.2) is 11.6 Å². The van der Waals surface area contributed by atoms with Gasteiger partial charge >= 0.3 is 5.97 Å². The number of carbonyl (C=O) groups excluding carboxylic acids is 1. The Morgan fingerprint density at radius 1 is 0.778 bits per heavy atom. The van der Waals surface area contributed by atoms with Crippen LogP contribution in [0.3, 0.4) is 0 Å². The molecule has 1 atom stereocenters. The highest BCUT2D eigenvalue weighted by molar-refractivity contribution is 5.72. The van der Waals surface area contributed by atoms with E-state index in [0.29, 0.717) is 23.9 Å². The summed E-state index contributed by atoms with van der Waals surface area (Å²) in [7, 11) is 0. The molecule has 0 saturated carbocycles. The molecule has 3 aromatic rings. The molecule has 2 aromatic carbocycles. The second kappa shape index (κ2) is 15.0. The minimum atomic E-state index is -0.229. The van der Waals surface area contributed by atoms with Gasteiger partial charge in [-0.2, -0.15) is 0 Å². The first-order valence-electron chi connectivity index (χ1n) is 13.5. The van der Waals surface area contributed by atoms with Crippen molar-refractivity contribution < 1.29 is 14.3 Å². The second-order valence-electron chi connectivity index (χ2n) is 9.49. The molecular weight excluding hydrogens is 448 g/mol. The largest absolute Gasteiger partial charge is 0.494 e. The first kappa shape index (κ1) is 27.4. The van der Waals surface area contributed by atoms with E-state index in [1.165, 1.54) is 25.7 Å². The summed E-state index contributed by atoms with van der Waals surface area (Å²) in [5.41, 5.74) is 3.16. The van der Waals surface area contributed by atoms with Crippen LogP contribution in [-0.4, -0.2) is 22.5 Å². The molecule has 0 aliphatic heterocycles. The molecule has 3 rings (SSSR count). The van der Waals surface area contributed by atoms with Crippen LogP contribution in [0.15, 0.2) is 60.9 Å². The van der Waals surface area contributed by atoms with Gasteiger partial charge in [0.2, 0.25) is 0 Å². The zero-order chi connectivity index (χ0) is 25.6. The Bertz CT molecular complexity index is 1030. The van der Waals surface area contributed by atoms with Gasteiger partial charge in [-0.3, -0.25) is 4.79 Å². The number of hydrogen-bond acceptors (Lipinski definition) is 5. The van der Waals surface area contributed by atoms with Crippen LogP contribution in [0, 0.1) is 5.92 Å². The van der Waals surface area contributed by atoms with E-state index in [-0.39, 0.29) is 5.97 Å². The van der Waals surface area contributed by atoms with Crippen LogP contribution in [0.1, 0.15) is 78.6 Å². The van der Waals surface area contributed by atoms with Gasteiger partial charge in [-0.1, -0.05) is 95.7 Å². The summed E-state index contributed by atoms with van der Waals surface area (Å²) in [5.74, 6) is 2.37. The number of ether oxygens (including phenoxy) is 2. The number of nitrogens with zero attached hydrogens (tertiary/aromatic N) is 2. The van der Waals surface area contributed by atoms with Gasteiger partial charge in [0.25, 0.3) is 0 Å². The Morgan fingerprint density at radius 2 is 1.42 bits per heavy atom. The predicted molar refractivity (Wildman–Crippen MR) is 146 cm³/mol. The molecule has 0 N–H and O–H groups in total. The van der Waals surface area contributed by atoms with Gasteiger partial charge in [-0.05, 0) is 42.0 Å². The summed E-state index contributed by atoms with van der Waals surface area (Å²) in [5, 5.41) is 0. The van der Waals surface area contributed by atoms with Gasteiger partial charge in [0, 0.05) is 12.0 Å². The number of aromatic nitrogens is 2. The smallest absolute Gasteiger partial charge is 0.311 e. The third-order valence-corrected chi connectivity index (χ3v) is 6.48. The first-order chi connectivity index (χ1) is 17.6. The SMILES string of the molecule is CCCCCCOc1ccc(-c2ccc(-c3ncc(OC(=O)CCCC[C@@H](C)CC)cn3)cc2)cc1. The topological polar surface area (TPSA) is 61.3 Å². The maximum absolute atomic E-state index is 12.1. The number of benzene rings is 2. The Hall–Kier alpha value is -3.21. The average molecular weight is 489 g/mol. The zero-order valence-electron chi connectivity index (χ0n) is 22.0. The Balaban J connectivity index is 1.48. The van der Waals surface area contributed by atoms with E-state index >= 15 is 0 Å². The fourth-order valence-electron chi connectivity index (χ4n) is 3.94. The normalized spacial score (nSPS) is 11.8. The summed E-state index contributed by atoms with van der Waals surface area (Å²) in [6, 6.07) is 16.4. The lowest BCUT2D eigenvalue weighted by molar-refractivity contribution is -0.134. The predicted octanol–water partition coefficient (Wildman–Crippen LogP) is 8.28. The summed E-state index contributed by atoms with van der Waals surface area (Å²) in [4.78, 5) is 20.9. The molecule has 0 aliphatic rings. The van der Waals surface area contributed by atoms with Crippen molar-refractivity contribution in [3.63, 3.8) is 0 Å². The lowest BCUT2D eigenvalue weighted by atomic mass is 10.0. The molecule has 0 spiro atoms. The van der Waals surface area contributed by atoms with E-state index in [0.717, 1.165) is 54.7 Å². The van der Waals surface area contributed by atoms with E-state index in [4.69, 9.17) is 9.47 Å². The quantitative estimate of drug-likeness (QED) is 0.159. The molecule has 0 amide bonds. The molecule has 0 fully saturated rings. The Morgan fingerprint density at radius 3 is 2.06 bits per heavy atom. The lowest BCUT2D eigenvalue weighted by Crippen LogP contribution is -2.08. The highest BCUT2D eigenvalue weighted by atomic mass is 16.5. The minimum absolute atomic E-state index is 0.229. The van der Waals surface area contributed by atoms with Crippen molar-refractivity contribution in [1.29, 1.82) is 0 Å². The summed E-state index contributed by atoms with van der Waals surface area (Å²) < 4.78 is 11.2. The molecule has 0 aliphatic carbocycles. The fourth-order valence-corrected chi connectivity index (χ4v) is 3.94. The van der Waals surface area contributed by atoms with Gasteiger partial charge in [0.1, 0.15) is 5.75 Å². The van der Waals surface area contributed by atoms with Crippen LogP contribution in [0.2, 0.25) is 0 Å². The van der Waals surface area contributed by atoms with E-state index in [1.54, 1.807) is 12.4 Å². The van der Waals surface area contributed by atoms with E-state index in [9.17, 15) is 4.79 Å². The van der Waals surface area contributed by atoms with Crippen molar-refractivity contribution in [2.24, 2.45) is 5.92 Å². The van der Waals surface area contributed by atoms with E-state index < -0.39 is 0 Å². The van der Waals surface area contributed by atoms with E-state index in [1.807, 2.05) is 24.3 Å². The number of hydrogen-bond donors (Lipinski definition) is 0. The van der Waals surface area contributed by atoms with Gasteiger partial charge in [0.05, 0.1) is 19.0 Å². The Kier molecular flexibility index (Phi) is 11.4. The average Bonchev–Trinajstić information content (AvgIpc) is 2.92. The third-order valence-electron chi connectivity index (χ3n) is 6.48. The van der Waals surface area contributed by atoms with Gasteiger partial charge < -0.3 is 9.47 Å². The van der Waals surface area contributed by atoms with Crippen molar-refractivity contribution in [3.05, 3.63) is 60.9 Å². The number of esters is 1. The summed E-state index contributed by atoms with van der Waals surface area (Å²) in [6.07, 6.45) is 12.6. The van der Waals surface area contributed by atoms with Gasteiger partial charge in [-0.25, -0.2) is 9.97 Å². The lowest BCUT2D eigenvalue weighted by Gasteiger charge is -2.08.